The predicted octanol–water partition coefficient (Wildman–Crippen LogP) is 3.02. The molecule has 3 N–H and O–H groups in total. The van der Waals surface area contributed by atoms with Gasteiger partial charge in [-0.25, -0.2) is 4.79 Å². The summed E-state index contributed by atoms with van der Waals surface area (Å²) in [5.41, 5.74) is 1.21. The zero-order valence-electron chi connectivity index (χ0n) is 19.6. The molecule has 0 unspecified atom stereocenters. The van der Waals surface area contributed by atoms with Gasteiger partial charge in [-0.3, -0.25) is 9.79 Å². The summed E-state index contributed by atoms with van der Waals surface area (Å²) in [7, 11) is 3.33. The molecule has 0 spiro atoms. The Morgan fingerprint density at radius 1 is 1.13 bits per heavy atom. The molecule has 0 aromatic heterocycles. The zero-order chi connectivity index (χ0) is 22.6. The Labute approximate surface area is 203 Å². The van der Waals surface area contributed by atoms with Crippen LogP contribution in [0.15, 0.2) is 29.3 Å². The van der Waals surface area contributed by atoms with E-state index in [4.69, 9.17) is 4.74 Å². The number of hydrogen-bond donors (Lipinski definition) is 3. The molecule has 0 aliphatic rings. The molecule has 9 heteroatoms. The fourth-order valence-corrected chi connectivity index (χ4v) is 2.76. The lowest BCUT2D eigenvalue weighted by molar-refractivity contribution is 0.0253. The molecule has 0 atom stereocenters. The van der Waals surface area contributed by atoms with Crippen molar-refractivity contribution in [2.24, 2.45) is 4.99 Å². The monoisotopic (exact) mass is 547 g/mol. The van der Waals surface area contributed by atoms with Crippen LogP contribution in [-0.4, -0.2) is 68.7 Å². The zero-order valence-corrected chi connectivity index (χ0v) is 21.9. The summed E-state index contributed by atoms with van der Waals surface area (Å²) < 4.78 is 5.47. The molecule has 0 saturated carbocycles. The van der Waals surface area contributed by atoms with Gasteiger partial charge in [0, 0.05) is 45.8 Å². The van der Waals surface area contributed by atoms with E-state index >= 15 is 0 Å². The van der Waals surface area contributed by atoms with Crippen LogP contribution in [0.25, 0.3) is 0 Å². The number of carbonyl (C=O) groups is 2. The average molecular weight is 547 g/mol. The third-order valence-electron chi connectivity index (χ3n) is 4.17. The van der Waals surface area contributed by atoms with Crippen molar-refractivity contribution in [3.63, 3.8) is 0 Å². The van der Waals surface area contributed by atoms with Gasteiger partial charge >= 0.3 is 6.09 Å². The molecule has 0 aliphatic heterocycles. The number of ether oxygens (including phenoxy) is 1. The number of benzene rings is 1. The quantitative estimate of drug-likeness (QED) is 0.251. The van der Waals surface area contributed by atoms with Crippen LogP contribution in [0.2, 0.25) is 0 Å². The minimum Gasteiger partial charge on any atom is -0.444 e. The predicted molar refractivity (Wildman–Crippen MR) is 136 cm³/mol. The molecule has 0 heterocycles. The maximum absolute atomic E-state index is 12.3. The molecule has 0 saturated heterocycles. The maximum atomic E-state index is 12.3. The molecule has 31 heavy (non-hydrogen) atoms. The molecule has 1 rings (SSSR count). The van der Waals surface area contributed by atoms with E-state index in [1.165, 1.54) is 0 Å². The molecular weight excluding hydrogens is 509 g/mol. The van der Waals surface area contributed by atoms with Crippen molar-refractivity contribution in [1.29, 1.82) is 0 Å². The van der Waals surface area contributed by atoms with Crippen LogP contribution >= 0.6 is 24.0 Å². The highest BCUT2D eigenvalue weighted by molar-refractivity contribution is 14.0. The van der Waals surface area contributed by atoms with E-state index < -0.39 is 5.60 Å². The maximum Gasteiger partial charge on any atom is 0.410 e. The van der Waals surface area contributed by atoms with Gasteiger partial charge in [-0.15, -0.1) is 24.0 Å². The summed E-state index contributed by atoms with van der Waals surface area (Å²) in [5, 5.41) is 9.12. The summed E-state index contributed by atoms with van der Waals surface area (Å²) in [6.45, 7) is 10.0. The highest BCUT2D eigenvalue weighted by Crippen LogP contribution is 2.10. The second-order valence-corrected chi connectivity index (χ2v) is 7.92. The van der Waals surface area contributed by atoms with E-state index in [9.17, 15) is 9.59 Å². The van der Waals surface area contributed by atoms with Gasteiger partial charge in [-0.05, 0) is 51.3 Å². The number of rotatable bonds is 9. The number of nitrogens with zero attached hydrogens (tertiary/aromatic N) is 2. The highest BCUT2D eigenvalue weighted by atomic mass is 127. The van der Waals surface area contributed by atoms with Crippen LogP contribution in [0.4, 0.5) is 4.79 Å². The van der Waals surface area contributed by atoms with Crippen LogP contribution in [0.1, 0.15) is 50.0 Å². The summed E-state index contributed by atoms with van der Waals surface area (Å²) in [4.78, 5) is 30.0. The van der Waals surface area contributed by atoms with E-state index in [0.29, 0.717) is 37.7 Å². The smallest absolute Gasteiger partial charge is 0.410 e. The van der Waals surface area contributed by atoms with Crippen molar-refractivity contribution < 1.29 is 14.3 Å². The van der Waals surface area contributed by atoms with Crippen molar-refractivity contribution >= 4 is 41.9 Å². The Balaban J connectivity index is 0.00000900. The van der Waals surface area contributed by atoms with Gasteiger partial charge in [-0.1, -0.05) is 19.1 Å². The van der Waals surface area contributed by atoms with Crippen LogP contribution in [0, 0.1) is 0 Å². The first kappa shape index (κ1) is 29.0. The SMILES string of the molecule is CCCN(CCNC(=NC)NCCc1cccc(C(=O)NC)c1)C(=O)OC(C)(C)C.I. The summed E-state index contributed by atoms with van der Waals surface area (Å²) >= 11 is 0. The standard InChI is InChI=1S/C22H37N5O3.HI/c1-7-14-27(21(29)30-22(2,3)4)15-13-26-20(24-6)25-12-11-17-9-8-10-18(16-17)19(28)23-5;/h8-10,16H,7,11-15H2,1-6H3,(H,23,28)(H2,24,25,26);1H. The number of aliphatic imine (C=N–C) groups is 1. The summed E-state index contributed by atoms with van der Waals surface area (Å²) in [5.74, 6) is 0.571. The van der Waals surface area contributed by atoms with Gasteiger partial charge in [0.1, 0.15) is 5.60 Å². The Morgan fingerprint density at radius 3 is 2.39 bits per heavy atom. The first-order valence-electron chi connectivity index (χ1n) is 10.4. The molecule has 1 aromatic carbocycles. The lowest BCUT2D eigenvalue weighted by atomic mass is 10.1. The van der Waals surface area contributed by atoms with Crippen LogP contribution < -0.4 is 16.0 Å². The molecule has 176 valence electrons. The van der Waals surface area contributed by atoms with Crippen molar-refractivity contribution in [2.45, 2.75) is 46.1 Å². The lowest BCUT2D eigenvalue weighted by Crippen LogP contribution is -2.45. The molecule has 0 bridgehead atoms. The fraction of sp³-hybridized carbons (Fsp3) is 0.591. The van der Waals surface area contributed by atoms with E-state index in [-0.39, 0.29) is 36.0 Å². The van der Waals surface area contributed by atoms with Gasteiger partial charge in [0.2, 0.25) is 0 Å². The van der Waals surface area contributed by atoms with E-state index in [2.05, 4.69) is 20.9 Å². The topological polar surface area (TPSA) is 95.1 Å². The molecular formula is C22H38IN5O3. The van der Waals surface area contributed by atoms with Crippen molar-refractivity contribution in [2.75, 3.05) is 40.3 Å². The molecule has 8 nitrogen and oxygen atoms in total. The van der Waals surface area contributed by atoms with Gasteiger partial charge < -0.3 is 25.6 Å². The third-order valence-corrected chi connectivity index (χ3v) is 4.17. The Kier molecular flexibility index (Phi) is 13.9. The molecule has 0 aliphatic carbocycles. The van der Waals surface area contributed by atoms with E-state index in [1.807, 2.05) is 45.9 Å². The average Bonchev–Trinajstić information content (AvgIpc) is 2.70. The molecule has 2 amide bonds. The van der Waals surface area contributed by atoms with Crippen molar-refractivity contribution in [3.8, 4) is 0 Å². The fourth-order valence-electron chi connectivity index (χ4n) is 2.76. The number of guanidine groups is 1. The number of nitrogens with one attached hydrogen (secondary N) is 3. The Morgan fingerprint density at radius 2 is 1.81 bits per heavy atom. The van der Waals surface area contributed by atoms with Gasteiger partial charge in [0.25, 0.3) is 5.91 Å². The van der Waals surface area contributed by atoms with Crippen LogP contribution in [0.3, 0.4) is 0 Å². The second-order valence-electron chi connectivity index (χ2n) is 7.92. The first-order valence-corrected chi connectivity index (χ1v) is 10.4. The van der Waals surface area contributed by atoms with E-state index in [1.54, 1.807) is 25.1 Å². The normalized spacial score (nSPS) is 11.2. The minimum absolute atomic E-state index is 0. The van der Waals surface area contributed by atoms with Crippen molar-refractivity contribution in [3.05, 3.63) is 35.4 Å². The number of amides is 2. The van der Waals surface area contributed by atoms with E-state index in [0.717, 1.165) is 18.4 Å². The van der Waals surface area contributed by atoms with Crippen molar-refractivity contribution in [1.82, 2.24) is 20.9 Å². The number of halogens is 1. The van der Waals surface area contributed by atoms with Gasteiger partial charge in [-0.2, -0.15) is 0 Å². The van der Waals surface area contributed by atoms with Gasteiger partial charge in [0.15, 0.2) is 5.96 Å². The number of carbonyl (C=O) groups excluding carboxylic acids is 2. The summed E-state index contributed by atoms with van der Waals surface area (Å²) in [6, 6.07) is 7.56. The Bertz CT molecular complexity index is 719. The van der Waals surface area contributed by atoms with Crippen LogP contribution in [0.5, 0.6) is 0 Å². The Hall–Kier alpha value is -2.04. The molecule has 1 aromatic rings. The molecule has 0 radical (unpaired) electrons. The lowest BCUT2D eigenvalue weighted by Gasteiger charge is -2.27. The second kappa shape index (κ2) is 14.9. The minimum atomic E-state index is -0.511. The largest absolute Gasteiger partial charge is 0.444 e. The van der Waals surface area contributed by atoms with Gasteiger partial charge in [0.05, 0.1) is 0 Å². The first-order chi connectivity index (χ1) is 14.2. The highest BCUT2D eigenvalue weighted by Gasteiger charge is 2.21. The third kappa shape index (κ3) is 11.8. The van der Waals surface area contributed by atoms with Crippen LogP contribution in [-0.2, 0) is 11.2 Å². The number of hydrogen-bond acceptors (Lipinski definition) is 4. The summed E-state index contributed by atoms with van der Waals surface area (Å²) in [6.07, 6.45) is 1.32. The molecule has 0 fully saturated rings.